The quantitative estimate of drug-likeness (QED) is 0.877. The Kier molecular flexibility index (Phi) is 3.97. The largest absolute Gasteiger partial charge is 0.496 e. The minimum atomic E-state index is -0.273. The lowest BCUT2D eigenvalue weighted by atomic mass is 10.0. The Hall–Kier alpha value is -1.13. The third-order valence-corrected chi connectivity index (χ3v) is 3.07. The summed E-state index contributed by atoms with van der Waals surface area (Å²) in [5.41, 5.74) is 0.514. The molecular weight excluding hydrogens is 221 g/mol. The fourth-order valence-electron chi connectivity index (χ4n) is 2.12. The van der Waals surface area contributed by atoms with E-state index < -0.39 is 0 Å². The van der Waals surface area contributed by atoms with Crippen LogP contribution in [0.3, 0.4) is 0 Å². The number of nitrogens with one attached hydrogen (secondary N) is 1. The van der Waals surface area contributed by atoms with Gasteiger partial charge in [-0.15, -0.1) is 0 Å². The van der Waals surface area contributed by atoms with Gasteiger partial charge >= 0.3 is 0 Å². The maximum atomic E-state index is 13.9. The average Bonchev–Trinajstić information content (AvgIpc) is 2.38. The first kappa shape index (κ1) is 12.3. The first-order valence-corrected chi connectivity index (χ1v) is 5.94. The second-order valence-electron chi connectivity index (χ2n) is 4.17. The Morgan fingerprint density at radius 3 is 3.00 bits per heavy atom. The highest BCUT2D eigenvalue weighted by molar-refractivity contribution is 5.37. The SMILES string of the molecule is CCC1CNCC(c2c(F)cccc2OC)O1. The lowest BCUT2D eigenvalue weighted by molar-refractivity contribution is -0.0424. The van der Waals surface area contributed by atoms with Crippen molar-refractivity contribution in [2.24, 2.45) is 0 Å². The van der Waals surface area contributed by atoms with Crippen molar-refractivity contribution in [3.05, 3.63) is 29.6 Å². The topological polar surface area (TPSA) is 30.5 Å². The molecule has 1 aliphatic rings. The van der Waals surface area contributed by atoms with Crippen molar-refractivity contribution in [1.29, 1.82) is 0 Å². The standard InChI is InChI=1S/C13H18FNO2/c1-3-9-7-15-8-12(17-9)13-10(14)5-4-6-11(13)16-2/h4-6,9,12,15H,3,7-8H2,1-2H3. The van der Waals surface area contributed by atoms with E-state index in [0.717, 1.165) is 13.0 Å². The van der Waals surface area contributed by atoms with Crippen LogP contribution >= 0.6 is 0 Å². The summed E-state index contributed by atoms with van der Waals surface area (Å²) >= 11 is 0. The number of hydrogen-bond acceptors (Lipinski definition) is 3. The van der Waals surface area contributed by atoms with Gasteiger partial charge in [-0.2, -0.15) is 0 Å². The van der Waals surface area contributed by atoms with Crippen molar-refractivity contribution in [2.75, 3.05) is 20.2 Å². The zero-order chi connectivity index (χ0) is 12.3. The summed E-state index contributed by atoms with van der Waals surface area (Å²) in [6.07, 6.45) is 0.781. The Labute approximate surface area is 101 Å². The van der Waals surface area contributed by atoms with E-state index in [-0.39, 0.29) is 18.0 Å². The van der Waals surface area contributed by atoms with E-state index in [1.807, 2.05) is 0 Å². The number of benzene rings is 1. The summed E-state index contributed by atoms with van der Waals surface area (Å²) in [5.74, 6) is 0.279. The molecule has 1 N–H and O–H groups in total. The highest BCUT2D eigenvalue weighted by Crippen LogP contribution is 2.32. The van der Waals surface area contributed by atoms with E-state index in [2.05, 4.69) is 12.2 Å². The number of morpholine rings is 1. The van der Waals surface area contributed by atoms with E-state index in [9.17, 15) is 4.39 Å². The van der Waals surface area contributed by atoms with E-state index in [1.165, 1.54) is 6.07 Å². The molecule has 3 nitrogen and oxygen atoms in total. The molecule has 0 radical (unpaired) electrons. The maximum Gasteiger partial charge on any atom is 0.132 e. The number of rotatable bonds is 3. The second-order valence-corrected chi connectivity index (χ2v) is 4.17. The van der Waals surface area contributed by atoms with Crippen molar-refractivity contribution in [1.82, 2.24) is 5.32 Å². The Morgan fingerprint density at radius 1 is 1.47 bits per heavy atom. The van der Waals surface area contributed by atoms with Crippen LogP contribution in [0.25, 0.3) is 0 Å². The van der Waals surface area contributed by atoms with Gasteiger partial charge in [-0.05, 0) is 18.6 Å². The van der Waals surface area contributed by atoms with E-state index in [0.29, 0.717) is 17.9 Å². The van der Waals surface area contributed by atoms with Crippen LogP contribution in [-0.2, 0) is 4.74 Å². The molecule has 1 aromatic rings. The zero-order valence-corrected chi connectivity index (χ0v) is 10.2. The molecule has 1 aromatic carbocycles. The first-order chi connectivity index (χ1) is 8.26. The molecule has 0 aliphatic carbocycles. The molecule has 0 bridgehead atoms. The molecule has 1 aliphatic heterocycles. The molecule has 4 heteroatoms. The summed E-state index contributed by atoms with van der Waals surface area (Å²) in [5, 5.41) is 3.27. The Balaban J connectivity index is 2.26. The van der Waals surface area contributed by atoms with Crippen LogP contribution in [0.5, 0.6) is 5.75 Å². The van der Waals surface area contributed by atoms with Gasteiger partial charge in [0, 0.05) is 13.1 Å². The maximum absolute atomic E-state index is 13.9. The van der Waals surface area contributed by atoms with Crippen LogP contribution in [-0.4, -0.2) is 26.3 Å². The van der Waals surface area contributed by atoms with Gasteiger partial charge in [-0.1, -0.05) is 13.0 Å². The van der Waals surface area contributed by atoms with Crippen LogP contribution < -0.4 is 10.1 Å². The van der Waals surface area contributed by atoms with Crippen LogP contribution in [0.2, 0.25) is 0 Å². The molecule has 0 spiro atoms. The summed E-state index contributed by atoms with van der Waals surface area (Å²) in [6.45, 7) is 3.50. The first-order valence-electron chi connectivity index (χ1n) is 5.94. The fraction of sp³-hybridized carbons (Fsp3) is 0.538. The van der Waals surface area contributed by atoms with Gasteiger partial charge in [-0.25, -0.2) is 4.39 Å². The minimum Gasteiger partial charge on any atom is -0.496 e. The van der Waals surface area contributed by atoms with Gasteiger partial charge in [0.1, 0.15) is 17.7 Å². The van der Waals surface area contributed by atoms with Crippen molar-refractivity contribution < 1.29 is 13.9 Å². The van der Waals surface area contributed by atoms with Gasteiger partial charge in [0.15, 0.2) is 0 Å². The predicted octanol–water partition coefficient (Wildman–Crippen LogP) is 2.27. The van der Waals surface area contributed by atoms with Gasteiger partial charge in [0.2, 0.25) is 0 Å². The van der Waals surface area contributed by atoms with E-state index >= 15 is 0 Å². The third kappa shape index (κ3) is 2.58. The van der Waals surface area contributed by atoms with Gasteiger partial charge < -0.3 is 14.8 Å². The van der Waals surface area contributed by atoms with E-state index in [1.54, 1.807) is 19.2 Å². The molecule has 1 fully saturated rings. The molecule has 1 heterocycles. The summed E-state index contributed by atoms with van der Waals surface area (Å²) in [4.78, 5) is 0. The zero-order valence-electron chi connectivity index (χ0n) is 10.2. The Morgan fingerprint density at radius 2 is 2.29 bits per heavy atom. The number of halogens is 1. The molecule has 2 unspecified atom stereocenters. The molecule has 0 aromatic heterocycles. The lowest BCUT2D eigenvalue weighted by Crippen LogP contribution is -2.40. The molecular formula is C13H18FNO2. The van der Waals surface area contributed by atoms with Crippen LogP contribution in [0.4, 0.5) is 4.39 Å². The molecule has 94 valence electrons. The normalized spacial score (nSPS) is 24.6. The highest BCUT2D eigenvalue weighted by atomic mass is 19.1. The summed E-state index contributed by atoms with van der Waals surface area (Å²) in [6, 6.07) is 4.85. The molecule has 2 atom stereocenters. The van der Waals surface area contributed by atoms with E-state index in [4.69, 9.17) is 9.47 Å². The molecule has 0 saturated carbocycles. The minimum absolute atomic E-state index is 0.137. The number of ether oxygens (including phenoxy) is 2. The molecule has 2 rings (SSSR count). The molecule has 17 heavy (non-hydrogen) atoms. The number of methoxy groups -OCH3 is 1. The predicted molar refractivity (Wildman–Crippen MR) is 63.7 cm³/mol. The molecule has 0 amide bonds. The smallest absolute Gasteiger partial charge is 0.132 e. The van der Waals surface area contributed by atoms with Crippen molar-refractivity contribution in [3.8, 4) is 5.75 Å². The Bertz CT molecular complexity index is 384. The van der Waals surface area contributed by atoms with Crippen molar-refractivity contribution >= 4 is 0 Å². The number of hydrogen-bond donors (Lipinski definition) is 1. The van der Waals surface area contributed by atoms with Gasteiger partial charge in [0.05, 0.1) is 18.8 Å². The molecule has 1 saturated heterocycles. The summed E-state index contributed by atoms with van der Waals surface area (Å²) in [7, 11) is 1.55. The monoisotopic (exact) mass is 239 g/mol. The van der Waals surface area contributed by atoms with Crippen molar-refractivity contribution in [3.63, 3.8) is 0 Å². The lowest BCUT2D eigenvalue weighted by Gasteiger charge is -2.31. The van der Waals surface area contributed by atoms with Crippen LogP contribution in [0, 0.1) is 5.82 Å². The average molecular weight is 239 g/mol. The highest BCUT2D eigenvalue weighted by Gasteiger charge is 2.27. The third-order valence-electron chi connectivity index (χ3n) is 3.07. The van der Waals surface area contributed by atoms with Gasteiger partial charge in [0.25, 0.3) is 0 Å². The second kappa shape index (κ2) is 5.47. The van der Waals surface area contributed by atoms with Crippen LogP contribution in [0.15, 0.2) is 18.2 Å². The summed E-state index contributed by atoms with van der Waals surface area (Å²) < 4.78 is 24.9. The fourth-order valence-corrected chi connectivity index (χ4v) is 2.12. The van der Waals surface area contributed by atoms with Crippen LogP contribution in [0.1, 0.15) is 25.0 Å². The van der Waals surface area contributed by atoms with Gasteiger partial charge in [-0.3, -0.25) is 0 Å². The van der Waals surface area contributed by atoms with Crippen molar-refractivity contribution in [2.45, 2.75) is 25.6 Å².